The van der Waals surface area contributed by atoms with Crippen LogP contribution in [0.3, 0.4) is 0 Å². The Labute approximate surface area is 161 Å². The lowest BCUT2D eigenvalue weighted by Gasteiger charge is -2.08. The molecule has 0 N–H and O–H groups in total. The van der Waals surface area contributed by atoms with Crippen LogP contribution in [-0.4, -0.2) is 22.4 Å². The summed E-state index contributed by atoms with van der Waals surface area (Å²) in [6.07, 6.45) is 2.83. The molecule has 0 saturated carbocycles. The summed E-state index contributed by atoms with van der Waals surface area (Å²) in [5.74, 6) is 0. The molecule has 0 spiro atoms. The number of halogens is 2. The quantitative estimate of drug-likeness (QED) is 0.461. The SMILES string of the molecule is N#Cc1ncc2c(c1Cl)c1cc(Br)cnc1n2S(=O)(=O)c1ccccc1. The zero-order valence-corrected chi connectivity index (χ0v) is 16.0. The molecule has 0 aliphatic carbocycles. The molecule has 4 rings (SSSR count). The summed E-state index contributed by atoms with van der Waals surface area (Å²) >= 11 is 9.68. The maximum atomic E-state index is 13.2. The van der Waals surface area contributed by atoms with Gasteiger partial charge in [-0.2, -0.15) is 5.26 Å². The number of aromatic nitrogens is 3. The topological polar surface area (TPSA) is 88.6 Å². The lowest BCUT2D eigenvalue weighted by Crippen LogP contribution is -2.13. The molecule has 0 atom stereocenters. The van der Waals surface area contributed by atoms with Gasteiger partial charge in [0.2, 0.25) is 0 Å². The van der Waals surface area contributed by atoms with E-state index in [0.717, 1.165) is 3.97 Å². The first-order valence-electron chi connectivity index (χ1n) is 7.30. The van der Waals surface area contributed by atoms with Crippen molar-refractivity contribution in [2.24, 2.45) is 0 Å². The van der Waals surface area contributed by atoms with Crippen molar-refractivity contribution in [2.75, 3.05) is 0 Å². The third-order valence-corrected chi connectivity index (χ3v) is 6.42. The van der Waals surface area contributed by atoms with Gasteiger partial charge in [-0.25, -0.2) is 22.4 Å². The molecule has 0 unspecified atom stereocenters. The van der Waals surface area contributed by atoms with Gasteiger partial charge in [0.15, 0.2) is 11.3 Å². The molecule has 0 radical (unpaired) electrons. The van der Waals surface area contributed by atoms with Crippen molar-refractivity contribution in [3.63, 3.8) is 0 Å². The molecule has 9 heteroatoms. The van der Waals surface area contributed by atoms with E-state index in [9.17, 15) is 13.7 Å². The molecule has 3 aromatic heterocycles. The van der Waals surface area contributed by atoms with Gasteiger partial charge in [0.1, 0.15) is 6.07 Å². The minimum atomic E-state index is -3.94. The van der Waals surface area contributed by atoms with E-state index in [2.05, 4.69) is 25.9 Å². The number of nitrogens with zero attached hydrogens (tertiary/aromatic N) is 4. The van der Waals surface area contributed by atoms with Gasteiger partial charge >= 0.3 is 0 Å². The first-order valence-corrected chi connectivity index (χ1v) is 9.91. The van der Waals surface area contributed by atoms with Crippen molar-refractivity contribution >= 4 is 59.5 Å². The Morgan fingerprint density at radius 3 is 2.58 bits per heavy atom. The Morgan fingerprint density at radius 1 is 1.15 bits per heavy atom. The number of nitriles is 1. The van der Waals surface area contributed by atoms with Crippen LogP contribution in [0.15, 0.2) is 58.2 Å². The molecule has 6 nitrogen and oxygen atoms in total. The van der Waals surface area contributed by atoms with Crippen LogP contribution in [0.4, 0.5) is 0 Å². The zero-order valence-electron chi connectivity index (χ0n) is 12.9. The van der Waals surface area contributed by atoms with Gasteiger partial charge < -0.3 is 0 Å². The van der Waals surface area contributed by atoms with Gasteiger partial charge in [-0.05, 0) is 34.1 Å². The molecular formula is C17H8BrClN4O2S. The average molecular weight is 448 g/mol. The van der Waals surface area contributed by atoms with E-state index in [1.165, 1.54) is 24.5 Å². The highest BCUT2D eigenvalue weighted by molar-refractivity contribution is 9.10. The summed E-state index contributed by atoms with van der Waals surface area (Å²) in [6, 6.07) is 11.7. The fourth-order valence-corrected chi connectivity index (χ4v) is 4.90. The summed E-state index contributed by atoms with van der Waals surface area (Å²) in [5.41, 5.74) is 0.500. The zero-order chi connectivity index (χ0) is 18.5. The van der Waals surface area contributed by atoms with E-state index >= 15 is 0 Å². The smallest absolute Gasteiger partial charge is 0.242 e. The monoisotopic (exact) mass is 446 g/mol. The van der Waals surface area contributed by atoms with Gasteiger partial charge in [0.05, 0.1) is 21.6 Å². The van der Waals surface area contributed by atoms with Crippen LogP contribution in [0.25, 0.3) is 21.9 Å². The number of fused-ring (bicyclic) bond motifs is 3. The maximum absolute atomic E-state index is 13.2. The number of benzene rings is 1. The Kier molecular flexibility index (Phi) is 3.95. The molecule has 0 aliphatic heterocycles. The van der Waals surface area contributed by atoms with E-state index in [-0.39, 0.29) is 26.8 Å². The van der Waals surface area contributed by atoms with E-state index in [1.807, 2.05) is 6.07 Å². The van der Waals surface area contributed by atoms with Crippen molar-refractivity contribution < 1.29 is 8.42 Å². The summed E-state index contributed by atoms with van der Waals surface area (Å²) in [7, 11) is -3.94. The van der Waals surface area contributed by atoms with Crippen LogP contribution in [0.2, 0.25) is 5.02 Å². The number of hydrogen-bond acceptors (Lipinski definition) is 5. The Morgan fingerprint density at radius 2 is 1.88 bits per heavy atom. The normalized spacial score (nSPS) is 11.7. The minimum absolute atomic E-state index is 0.0234. The van der Waals surface area contributed by atoms with Crippen molar-refractivity contribution in [2.45, 2.75) is 4.90 Å². The molecule has 3 heterocycles. The lowest BCUT2D eigenvalue weighted by molar-refractivity contribution is 0.590. The molecule has 0 saturated heterocycles. The Bertz CT molecular complexity index is 1330. The van der Waals surface area contributed by atoms with Gasteiger partial charge in [-0.3, -0.25) is 0 Å². The van der Waals surface area contributed by atoms with Crippen LogP contribution < -0.4 is 0 Å². The van der Waals surface area contributed by atoms with Crippen molar-refractivity contribution in [1.29, 1.82) is 5.26 Å². The van der Waals surface area contributed by atoms with Gasteiger partial charge in [-0.1, -0.05) is 29.8 Å². The summed E-state index contributed by atoms with van der Waals surface area (Å²) in [6.45, 7) is 0. The molecule has 1 aromatic carbocycles. The first kappa shape index (κ1) is 17.0. The molecule has 0 aliphatic rings. The highest BCUT2D eigenvalue weighted by Crippen LogP contribution is 2.37. The van der Waals surface area contributed by atoms with Crippen molar-refractivity contribution in [3.05, 3.63) is 64.0 Å². The predicted molar refractivity (Wildman–Crippen MR) is 101 cm³/mol. The molecule has 0 fully saturated rings. The van der Waals surface area contributed by atoms with Gasteiger partial charge in [-0.15, -0.1) is 0 Å². The molecule has 0 amide bonds. The largest absolute Gasteiger partial charge is 0.269 e. The number of hydrogen-bond donors (Lipinski definition) is 0. The highest BCUT2D eigenvalue weighted by atomic mass is 79.9. The molecular weight excluding hydrogens is 440 g/mol. The van der Waals surface area contributed by atoms with Gasteiger partial charge in [0, 0.05) is 21.4 Å². The second kappa shape index (κ2) is 6.06. The highest BCUT2D eigenvalue weighted by Gasteiger charge is 2.26. The molecule has 0 bridgehead atoms. The van der Waals surface area contributed by atoms with Crippen molar-refractivity contribution in [1.82, 2.24) is 13.9 Å². The van der Waals surface area contributed by atoms with Crippen molar-refractivity contribution in [3.8, 4) is 6.07 Å². The number of rotatable bonds is 2. The van der Waals surface area contributed by atoms with E-state index in [4.69, 9.17) is 11.6 Å². The Balaban J connectivity index is 2.23. The third kappa shape index (κ3) is 2.40. The van der Waals surface area contributed by atoms with Crippen LogP contribution in [0.5, 0.6) is 0 Å². The second-order valence-corrected chi connectivity index (χ2v) is 8.48. The lowest BCUT2D eigenvalue weighted by atomic mass is 10.2. The van der Waals surface area contributed by atoms with Crippen LogP contribution in [0.1, 0.15) is 5.69 Å². The minimum Gasteiger partial charge on any atom is -0.242 e. The van der Waals surface area contributed by atoms with Crippen LogP contribution >= 0.6 is 27.5 Å². The molecule has 26 heavy (non-hydrogen) atoms. The Hall–Kier alpha value is -2.47. The van der Waals surface area contributed by atoms with Crippen LogP contribution in [0, 0.1) is 11.3 Å². The van der Waals surface area contributed by atoms with Gasteiger partial charge in [0.25, 0.3) is 10.0 Å². The van der Waals surface area contributed by atoms with Crippen LogP contribution in [-0.2, 0) is 10.0 Å². The second-order valence-electron chi connectivity index (χ2n) is 5.40. The fourth-order valence-electron chi connectivity index (χ4n) is 2.80. The maximum Gasteiger partial charge on any atom is 0.269 e. The molecule has 128 valence electrons. The van der Waals surface area contributed by atoms with E-state index < -0.39 is 10.0 Å². The first-order chi connectivity index (χ1) is 12.4. The fraction of sp³-hybridized carbons (Fsp3) is 0. The average Bonchev–Trinajstić information content (AvgIpc) is 2.97. The van der Waals surface area contributed by atoms with E-state index in [1.54, 1.807) is 24.3 Å². The number of pyridine rings is 2. The standard InChI is InChI=1S/C17H8BrClN4O2S/c18-10-6-12-15-14(9-21-13(7-20)16(15)19)23(17(12)22-8-10)26(24,25)11-4-2-1-3-5-11/h1-6,8-9H. The summed E-state index contributed by atoms with van der Waals surface area (Å²) in [5, 5.41) is 10.2. The third-order valence-electron chi connectivity index (χ3n) is 3.90. The molecule has 4 aromatic rings. The van der Waals surface area contributed by atoms with E-state index in [0.29, 0.717) is 15.2 Å². The summed E-state index contributed by atoms with van der Waals surface area (Å²) < 4.78 is 28.3. The predicted octanol–water partition coefficient (Wildman–Crippen LogP) is 4.11. The summed E-state index contributed by atoms with van der Waals surface area (Å²) in [4.78, 5) is 8.38.